The minimum atomic E-state index is -3.19. The van der Waals surface area contributed by atoms with Crippen LogP contribution in [-0.4, -0.2) is 26.5 Å². The Labute approximate surface area is 113 Å². The van der Waals surface area contributed by atoms with Crippen LogP contribution in [-0.2, 0) is 12.5 Å². The molecular weight excluding hydrogens is 273 g/mol. The van der Waals surface area contributed by atoms with Crippen molar-refractivity contribution >= 4 is 5.97 Å². The Hall–Kier alpha value is -1.53. The lowest BCUT2D eigenvalue weighted by Crippen LogP contribution is -2.65. The second-order valence-electron chi connectivity index (χ2n) is 6.35. The van der Waals surface area contributed by atoms with Gasteiger partial charge in [0.25, 0.3) is 5.92 Å². The molecule has 4 nitrogen and oxygen atoms in total. The van der Waals surface area contributed by atoms with Crippen molar-refractivity contribution in [2.24, 2.45) is 5.41 Å². The molecule has 3 aliphatic rings. The third kappa shape index (κ3) is 1.75. The average molecular weight is 288 g/mol. The van der Waals surface area contributed by atoms with Gasteiger partial charge in [0.1, 0.15) is 17.1 Å². The van der Waals surface area contributed by atoms with Gasteiger partial charge in [-0.1, -0.05) is 0 Å². The Kier molecular flexibility index (Phi) is 2.40. The van der Waals surface area contributed by atoms with Crippen LogP contribution in [0.15, 0.2) is 0 Å². The fraction of sp³-hybridized carbons (Fsp3) is 0.692. The van der Waals surface area contributed by atoms with E-state index in [1.54, 1.807) is 0 Å². The Morgan fingerprint density at radius 1 is 1.45 bits per heavy atom. The lowest BCUT2D eigenvalue weighted by atomic mass is 9.42. The number of hydrogen-bond acceptors (Lipinski definition) is 2. The molecule has 0 atom stereocenters. The summed E-state index contributed by atoms with van der Waals surface area (Å²) in [6, 6.07) is 0. The average Bonchev–Trinajstić information content (AvgIpc) is 2.50. The molecule has 0 aliphatic heterocycles. The van der Waals surface area contributed by atoms with E-state index >= 15 is 0 Å². The van der Waals surface area contributed by atoms with Gasteiger partial charge in [0.05, 0.1) is 0 Å². The molecule has 3 saturated carbocycles. The number of nitrogens with zero attached hydrogens (tertiary/aromatic N) is 2. The maximum absolute atomic E-state index is 13.5. The smallest absolute Gasteiger partial charge is 0.354 e. The molecule has 1 aromatic heterocycles. The van der Waals surface area contributed by atoms with Crippen LogP contribution >= 0.6 is 0 Å². The summed E-state index contributed by atoms with van der Waals surface area (Å²) in [4.78, 5) is 11.3. The Morgan fingerprint density at radius 3 is 2.40 bits per heavy atom. The molecular formula is C13H15F3N2O2. The number of rotatable bonds is 4. The number of carboxylic acid groups (broad SMARTS) is 1. The molecule has 1 aromatic rings. The van der Waals surface area contributed by atoms with E-state index in [0.717, 1.165) is 4.68 Å². The lowest BCUT2D eigenvalue weighted by Gasteiger charge is -2.65. The number of aromatic carboxylic acids is 1. The van der Waals surface area contributed by atoms with Crippen LogP contribution in [0.5, 0.6) is 0 Å². The summed E-state index contributed by atoms with van der Waals surface area (Å²) >= 11 is 0. The third-order valence-electron chi connectivity index (χ3n) is 4.37. The van der Waals surface area contributed by atoms with Gasteiger partial charge in [-0.15, -0.1) is 0 Å². The molecule has 0 spiro atoms. The fourth-order valence-electron chi connectivity index (χ4n) is 3.70. The van der Waals surface area contributed by atoms with Crippen molar-refractivity contribution in [2.45, 2.75) is 51.2 Å². The summed E-state index contributed by atoms with van der Waals surface area (Å²) in [5.74, 6) is -4.48. The SMILES string of the molecule is Cc1c(C(C)(F)F)nn(CC23CC(F)(C2)C3)c1C(=O)O. The Balaban J connectivity index is 1.96. The topological polar surface area (TPSA) is 55.1 Å². The summed E-state index contributed by atoms with van der Waals surface area (Å²) < 4.78 is 41.5. The van der Waals surface area contributed by atoms with Crippen LogP contribution in [0.2, 0.25) is 0 Å². The minimum Gasteiger partial charge on any atom is -0.477 e. The second kappa shape index (κ2) is 3.56. The van der Waals surface area contributed by atoms with E-state index < -0.39 is 23.3 Å². The van der Waals surface area contributed by atoms with Gasteiger partial charge in [-0.2, -0.15) is 13.9 Å². The van der Waals surface area contributed by atoms with Crippen LogP contribution < -0.4 is 0 Å². The highest BCUT2D eigenvalue weighted by Gasteiger charge is 2.69. The van der Waals surface area contributed by atoms with E-state index in [-0.39, 0.29) is 23.2 Å². The van der Waals surface area contributed by atoms with Gasteiger partial charge in [0, 0.05) is 19.0 Å². The summed E-state index contributed by atoms with van der Waals surface area (Å²) in [5.41, 5.74) is -2.16. The quantitative estimate of drug-likeness (QED) is 0.926. The van der Waals surface area contributed by atoms with Crippen molar-refractivity contribution in [3.05, 3.63) is 17.0 Å². The van der Waals surface area contributed by atoms with E-state index in [1.807, 2.05) is 0 Å². The summed E-state index contributed by atoms with van der Waals surface area (Å²) in [6.45, 7) is 2.21. The standard InChI is InChI=1S/C13H15F3N2O2/c1-7-8(10(19)20)18(17-9(7)11(2,14)15)6-12-3-13(16,4-12)5-12/h3-6H2,1-2H3,(H,19,20). The molecule has 0 amide bonds. The maximum atomic E-state index is 13.5. The zero-order chi connectivity index (χ0) is 14.9. The first kappa shape index (κ1) is 13.5. The highest BCUT2D eigenvalue weighted by atomic mass is 19.3. The number of hydrogen-bond donors (Lipinski definition) is 1. The summed E-state index contributed by atoms with van der Waals surface area (Å²) in [5, 5.41) is 13.0. The molecule has 3 fully saturated rings. The van der Waals surface area contributed by atoms with Gasteiger partial charge in [-0.05, 0) is 31.6 Å². The van der Waals surface area contributed by atoms with Gasteiger partial charge < -0.3 is 5.11 Å². The molecule has 7 heteroatoms. The van der Waals surface area contributed by atoms with Crippen molar-refractivity contribution in [1.29, 1.82) is 0 Å². The lowest BCUT2D eigenvalue weighted by molar-refractivity contribution is -0.221. The maximum Gasteiger partial charge on any atom is 0.354 e. The minimum absolute atomic E-state index is 0.0217. The van der Waals surface area contributed by atoms with Gasteiger partial charge in [-0.3, -0.25) is 4.68 Å². The summed E-state index contributed by atoms with van der Waals surface area (Å²) in [6.07, 6.45) is 1.11. The summed E-state index contributed by atoms with van der Waals surface area (Å²) in [7, 11) is 0. The van der Waals surface area contributed by atoms with Crippen molar-refractivity contribution in [3.63, 3.8) is 0 Å². The van der Waals surface area contributed by atoms with Crippen molar-refractivity contribution in [1.82, 2.24) is 9.78 Å². The molecule has 0 aromatic carbocycles. The first-order valence-electron chi connectivity index (χ1n) is 6.43. The van der Waals surface area contributed by atoms with Gasteiger partial charge in [-0.25, -0.2) is 9.18 Å². The monoisotopic (exact) mass is 288 g/mol. The largest absolute Gasteiger partial charge is 0.477 e. The molecule has 0 radical (unpaired) electrons. The fourth-order valence-corrected chi connectivity index (χ4v) is 3.70. The van der Waals surface area contributed by atoms with E-state index in [9.17, 15) is 23.1 Å². The molecule has 0 unspecified atom stereocenters. The number of alkyl halides is 3. The number of aromatic nitrogens is 2. The van der Waals surface area contributed by atoms with Crippen LogP contribution in [0.25, 0.3) is 0 Å². The van der Waals surface area contributed by atoms with Gasteiger partial charge in [0.15, 0.2) is 0 Å². The zero-order valence-electron chi connectivity index (χ0n) is 11.2. The predicted octanol–water partition coefficient (Wildman–Crippen LogP) is 2.89. The Bertz CT molecular complexity index is 584. The molecule has 3 aliphatic carbocycles. The first-order valence-corrected chi connectivity index (χ1v) is 6.43. The van der Waals surface area contributed by atoms with Gasteiger partial charge in [0.2, 0.25) is 0 Å². The van der Waals surface area contributed by atoms with Crippen LogP contribution in [0, 0.1) is 12.3 Å². The highest BCUT2D eigenvalue weighted by Crippen LogP contribution is 2.70. The normalized spacial score (nSPS) is 31.6. The van der Waals surface area contributed by atoms with Crippen molar-refractivity contribution < 1.29 is 23.1 Å². The molecule has 20 heavy (non-hydrogen) atoms. The van der Waals surface area contributed by atoms with E-state index in [4.69, 9.17) is 0 Å². The predicted molar refractivity (Wildman–Crippen MR) is 63.6 cm³/mol. The molecule has 1 N–H and O–H groups in total. The third-order valence-corrected chi connectivity index (χ3v) is 4.37. The molecule has 1 heterocycles. The van der Waals surface area contributed by atoms with Crippen molar-refractivity contribution in [2.75, 3.05) is 0 Å². The van der Waals surface area contributed by atoms with Crippen LogP contribution in [0.1, 0.15) is 47.9 Å². The van der Waals surface area contributed by atoms with Crippen LogP contribution in [0.3, 0.4) is 0 Å². The van der Waals surface area contributed by atoms with Crippen molar-refractivity contribution in [3.8, 4) is 0 Å². The zero-order valence-corrected chi connectivity index (χ0v) is 11.2. The number of halogens is 3. The second-order valence-corrected chi connectivity index (χ2v) is 6.35. The Morgan fingerprint density at radius 2 is 2.00 bits per heavy atom. The van der Waals surface area contributed by atoms with Gasteiger partial charge >= 0.3 is 5.97 Å². The molecule has 110 valence electrons. The molecule has 4 rings (SSSR count). The van der Waals surface area contributed by atoms with E-state index in [0.29, 0.717) is 26.2 Å². The molecule has 2 bridgehead atoms. The first-order chi connectivity index (χ1) is 9.05. The van der Waals surface area contributed by atoms with E-state index in [2.05, 4.69) is 5.10 Å². The number of carbonyl (C=O) groups is 1. The van der Waals surface area contributed by atoms with Crippen LogP contribution in [0.4, 0.5) is 13.2 Å². The highest BCUT2D eigenvalue weighted by molar-refractivity contribution is 5.87. The number of carboxylic acids is 1. The molecule has 0 saturated heterocycles. The van der Waals surface area contributed by atoms with E-state index in [1.165, 1.54) is 6.92 Å².